The summed E-state index contributed by atoms with van der Waals surface area (Å²) in [6.07, 6.45) is 0. The van der Waals surface area contributed by atoms with Crippen LogP contribution in [0.4, 0.5) is 0 Å². The van der Waals surface area contributed by atoms with E-state index in [2.05, 4.69) is 149 Å². The zero-order valence-electron chi connectivity index (χ0n) is 25.0. The molecular formula is C42H32S. The Hall–Kier alpha value is -4.46. The summed E-state index contributed by atoms with van der Waals surface area (Å²) in [5.74, 6) is 0. The van der Waals surface area contributed by atoms with Gasteiger partial charge in [0, 0.05) is 31.0 Å². The second-order valence-electron chi connectivity index (χ2n) is 13.4. The number of thiophene rings is 1. The topological polar surface area (TPSA) is 0 Å². The predicted octanol–water partition coefficient (Wildman–Crippen LogP) is 12.0. The van der Waals surface area contributed by atoms with E-state index >= 15 is 0 Å². The summed E-state index contributed by atoms with van der Waals surface area (Å²) in [5, 5.41) is 2.69. The molecule has 0 fully saturated rings. The normalized spacial score (nSPS) is 15.3. The van der Waals surface area contributed by atoms with Gasteiger partial charge in [-0.1, -0.05) is 113 Å². The van der Waals surface area contributed by atoms with Crippen LogP contribution in [0.1, 0.15) is 49.9 Å². The summed E-state index contributed by atoms with van der Waals surface area (Å²) >= 11 is 1.89. The fourth-order valence-electron chi connectivity index (χ4n) is 7.90. The smallest absolute Gasteiger partial charge is 0.0355 e. The quantitative estimate of drug-likeness (QED) is 0.195. The van der Waals surface area contributed by atoms with Crippen molar-refractivity contribution in [1.82, 2.24) is 0 Å². The highest BCUT2D eigenvalue weighted by Gasteiger charge is 2.36. The average Bonchev–Trinajstić information content (AvgIpc) is 3.60. The van der Waals surface area contributed by atoms with Crippen molar-refractivity contribution in [3.05, 3.63) is 144 Å². The van der Waals surface area contributed by atoms with Gasteiger partial charge in [0.05, 0.1) is 0 Å². The average molecular weight is 569 g/mol. The molecule has 2 aliphatic rings. The molecule has 6 aromatic carbocycles. The molecule has 0 radical (unpaired) electrons. The summed E-state index contributed by atoms with van der Waals surface area (Å²) in [5.41, 5.74) is 16.3. The molecule has 0 atom stereocenters. The van der Waals surface area contributed by atoms with Gasteiger partial charge in [-0.25, -0.2) is 0 Å². The van der Waals surface area contributed by atoms with E-state index in [9.17, 15) is 0 Å². The minimum atomic E-state index is 0.00180. The highest BCUT2D eigenvalue weighted by atomic mass is 32.1. The van der Waals surface area contributed by atoms with Crippen molar-refractivity contribution < 1.29 is 0 Å². The van der Waals surface area contributed by atoms with Crippen LogP contribution in [0.3, 0.4) is 0 Å². The van der Waals surface area contributed by atoms with E-state index in [0.29, 0.717) is 0 Å². The Morgan fingerprint density at radius 2 is 0.744 bits per heavy atom. The molecule has 0 nitrogen and oxygen atoms in total. The molecule has 43 heavy (non-hydrogen) atoms. The maximum Gasteiger partial charge on any atom is 0.0355 e. The zero-order valence-corrected chi connectivity index (χ0v) is 25.8. The maximum atomic E-state index is 2.43. The van der Waals surface area contributed by atoms with Crippen LogP contribution in [-0.2, 0) is 10.8 Å². The number of hydrogen-bond donors (Lipinski definition) is 0. The van der Waals surface area contributed by atoms with Crippen LogP contribution in [0.25, 0.3) is 64.7 Å². The van der Waals surface area contributed by atoms with Gasteiger partial charge < -0.3 is 0 Å². The fraction of sp³-hybridized carbons (Fsp3) is 0.143. The molecule has 1 heteroatoms. The van der Waals surface area contributed by atoms with Crippen molar-refractivity contribution >= 4 is 31.5 Å². The van der Waals surface area contributed by atoms with Gasteiger partial charge in [-0.05, 0) is 103 Å². The first-order chi connectivity index (χ1) is 20.8. The summed E-state index contributed by atoms with van der Waals surface area (Å²) in [4.78, 5) is 0. The highest BCUT2D eigenvalue weighted by Crippen LogP contribution is 2.51. The molecule has 2 aliphatic carbocycles. The Morgan fingerprint density at radius 1 is 0.372 bits per heavy atom. The van der Waals surface area contributed by atoms with Gasteiger partial charge in [0.2, 0.25) is 0 Å². The van der Waals surface area contributed by atoms with E-state index in [-0.39, 0.29) is 10.8 Å². The van der Waals surface area contributed by atoms with Crippen molar-refractivity contribution in [1.29, 1.82) is 0 Å². The van der Waals surface area contributed by atoms with Crippen LogP contribution >= 0.6 is 11.3 Å². The minimum absolute atomic E-state index is 0.00180. The molecular weight excluding hydrogens is 537 g/mol. The van der Waals surface area contributed by atoms with Crippen LogP contribution in [-0.4, -0.2) is 0 Å². The molecule has 1 aromatic heterocycles. The summed E-state index contributed by atoms with van der Waals surface area (Å²) in [6, 6.07) is 46.0. The Kier molecular flexibility index (Phi) is 4.99. The second kappa shape index (κ2) is 8.56. The molecule has 9 rings (SSSR count). The molecule has 0 saturated carbocycles. The third-order valence-corrected chi connectivity index (χ3v) is 11.5. The first-order valence-electron chi connectivity index (χ1n) is 15.3. The Balaban J connectivity index is 1.15. The van der Waals surface area contributed by atoms with Crippen molar-refractivity contribution in [3.63, 3.8) is 0 Å². The molecule has 0 saturated heterocycles. The van der Waals surface area contributed by atoms with E-state index in [1.165, 1.54) is 86.9 Å². The monoisotopic (exact) mass is 568 g/mol. The van der Waals surface area contributed by atoms with Crippen LogP contribution in [0.15, 0.2) is 121 Å². The Bertz CT molecular complexity index is 2130. The molecule has 7 aromatic rings. The summed E-state index contributed by atoms with van der Waals surface area (Å²) in [6.45, 7) is 9.43. The second-order valence-corrected chi connectivity index (χ2v) is 14.5. The summed E-state index contributed by atoms with van der Waals surface area (Å²) in [7, 11) is 0. The molecule has 0 spiro atoms. The van der Waals surface area contributed by atoms with Crippen LogP contribution in [0, 0.1) is 0 Å². The maximum absolute atomic E-state index is 2.43. The van der Waals surface area contributed by atoms with E-state index in [4.69, 9.17) is 0 Å². The Morgan fingerprint density at radius 3 is 1.21 bits per heavy atom. The van der Waals surface area contributed by atoms with Gasteiger partial charge in [-0.15, -0.1) is 11.3 Å². The minimum Gasteiger partial charge on any atom is -0.135 e. The molecule has 0 bridgehead atoms. The van der Waals surface area contributed by atoms with Gasteiger partial charge in [0.15, 0.2) is 0 Å². The first-order valence-corrected chi connectivity index (χ1v) is 16.1. The Labute approximate surface area is 257 Å². The highest BCUT2D eigenvalue weighted by molar-refractivity contribution is 7.25. The first kappa shape index (κ1) is 25.1. The molecule has 0 unspecified atom stereocenters. The van der Waals surface area contributed by atoms with Gasteiger partial charge in [-0.2, -0.15) is 0 Å². The van der Waals surface area contributed by atoms with E-state index in [1.54, 1.807) is 0 Å². The van der Waals surface area contributed by atoms with E-state index < -0.39 is 0 Å². The zero-order chi connectivity index (χ0) is 29.1. The molecule has 0 N–H and O–H groups in total. The summed E-state index contributed by atoms with van der Waals surface area (Å²) < 4.78 is 2.69. The van der Waals surface area contributed by atoms with Gasteiger partial charge in [0.25, 0.3) is 0 Å². The van der Waals surface area contributed by atoms with E-state index in [0.717, 1.165) is 0 Å². The lowest BCUT2D eigenvalue weighted by Gasteiger charge is -2.22. The fourth-order valence-corrected chi connectivity index (χ4v) is 8.97. The molecule has 0 amide bonds. The standard InChI is InChI=1S/C42H32S/c1-41(2)35-11-7-5-9-29(35)31-17-13-27(23-37(31)41)25-15-19-39-33(21-25)34-22-26(16-20-40(34)43-39)28-14-18-32-30-10-6-8-12-36(30)42(3,4)38(32)24-28/h5-24H,1-4H3. The largest absolute Gasteiger partial charge is 0.135 e. The van der Waals surface area contributed by atoms with Crippen LogP contribution in [0.2, 0.25) is 0 Å². The number of hydrogen-bond acceptors (Lipinski definition) is 1. The van der Waals surface area contributed by atoms with Crippen LogP contribution in [0.5, 0.6) is 0 Å². The van der Waals surface area contributed by atoms with Crippen molar-refractivity contribution in [3.8, 4) is 44.5 Å². The van der Waals surface area contributed by atoms with Gasteiger partial charge in [0.1, 0.15) is 0 Å². The molecule has 0 aliphatic heterocycles. The molecule has 1 heterocycles. The third kappa shape index (κ3) is 3.43. The number of fused-ring (bicyclic) bond motifs is 9. The lowest BCUT2D eigenvalue weighted by molar-refractivity contribution is 0.660. The number of benzene rings is 6. The number of rotatable bonds is 2. The van der Waals surface area contributed by atoms with Gasteiger partial charge in [-0.3, -0.25) is 0 Å². The lowest BCUT2D eigenvalue weighted by atomic mass is 9.81. The predicted molar refractivity (Wildman–Crippen MR) is 185 cm³/mol. The third-order valence-electron chi connectivity index (χ3n) is 10.3. The van der Waals surface area contributed by atoms with E-state index in [1.807, 2.05) is 11.3 Å². The molecule has 206 valence electrons. The lowest BCUT2D eigenvalue weighted by Crippen LogP contribution is -2.14. The van der Waals surface area contributed by atoms with Crippen LogP contribution < -0.4 is 0 Å². The van der Waals surface area contributed by atoms with Crippen molar-refractivity contribution in [2.24, 2.45) is 0 Å². The van der Waals surface area contributed by atoms with Gasteiger partial charge >= 0.3 is 0 Å². The van der Waals surface area contributed by atoms with Crippen molar-refractivity contribution in [2.75, 3.05) is 0 Å². The van der Waals surface area contributed by atoms with Crippen molar-refractivity contribution in [2.45, 2.75) is 38.5 Å². The SMILES string of the molecule is CC1(C)c2ccccc2-c2ccc(-c3ccc4sc5ccc(-c6ccc7c(c6)C(C)(C)c6ccccc6-7)cc5c4c3)cc21.